The number of aromatic nitrogens is 4. The number of hydrogen-bond donors (Lipinski definition) is 2. The molecular weight excluding hydrogens is 800 g/mol. The van der Waals surface area contributed by atoms with Crippen molar-refractivity contribution >= 4 is 41.4 Å². The van der Waals surface area contributed by atoms with Crippen molar-refractivity contribution in [2.24, 2.45) is 0 Å². The highest BCUT2D eigenvalue weighted by Crippen LogP contribution is 2.45. The maximum Gasteiger partial charge on any atom is 0.319 e. The lowest BCUT2D eigenvalue weighted by atomic mass is 9.95. The molecule has 3 N–H and O–H groups in total. The Labute approximate surface area is 357 Å². The number of anilines is 2. The number of halogens is 3. The van der Waals surface area contributed by atoms with Gasteiger partial charge < -0.3 is 30.0 Å². The van der Waals surface area contributed by atoms with E-state index in [1.165, 1.54) is 20.3 Å². The molecule has 0 bridgehead atoms. The maximum atomic E-state index is 17.8. The molecule has 7 rings (SSSR count). The van der Waals surface area contributed by atoms with Crippen LogP contribution in [0.2, 0.25) is 16.6 Å². The number of methoxy groups -OCH3 is 2. The van der Waals surface area contributed by atoms with Crippen LogP contribution in [0.4, 0.5) is 24.8 Å². The molecule has 3 aromatic heterocycles. The van der Waals surface area contributed by atoms with Crippen LogP contribution in [0.15, 0.2) is 42.6 Å². The number of nitrogens with two attached hydrogens (primary N) is 1. The summed E-state index contributed by atoms with van der Waals surface area (Å²) in [5.41, 5.74) is 10.9. The van der Waals surface area contributed by atoms with E-state index in [1.807, 2.05) is 13.0 Å². The Morgan fingerprint density at radius 1 is 0.984 bits per heavy atom. The van der Waals surface area contributed by atoms with E-state index in [-0.39, 0.29) is 75.5 Å². The van der Waals surface area contributed by atoms with Crippen LogP contribution in [0.3, 0.4) is 0 Å². The zero-order chi connectivity index (χ0) is 43.8. The minimum atomic E-state index is -2.34. The van der Waals surface area contributed by atoms with Gasteiger partial charge >= 0.3 is 6.01 Å². The first-order valence-corrected chi connectivity index (χ1v) is 23.2. The lowest BCUT2D eigenvalue weighted by molar-refractivity contribution is 0.0512. The van der Waals surface area contributed by atoms with Crippen LogP contribution in [0.1, 0.15) is 84.9 Å². The highest BCUT2D eigenvalue weighted by molar-refractivity contribution is 6.90. The van der Waals surface area contributed by atoms with Crippen LogP contribution in [-0.2, 0) is 4.74 Å². The number of ether oxygens (including phenoxy) is 4. The predicted octanol–water partition coefficient (Wildman–Crippen LogP) is 9.79. The first kappa shape index (κ1) is 43.9. The van der Waals surface area contributed by atoms with E-state index < -0.39 is 37.5 Å². The van der Waals surface area contributed by atoms with Gasteiger partial charge in [0, 0.05) is 42.8 Å². The second kappa shape index (κ2) is 17.7. The summed E-state index contributed by atoms with van der Waals surface area (Å²) in [6, 6.07) is 9.34. The third kappa shape index (κ3) is 8.17. The second-order valence-corrected chi connectivity index (χ2v) is 22.8. The van der Waals surface area contributed by atoms with E-state index >= 15 is 8.78 Å². The molecule has 0 amide bonds. The van der Waals surface area contributed by atoms with Gasteiger partial charge in [0.2, 0.25) is 5.88 Å². The highest BCUT2D eigenvalue weighted by atomic mass is 28.3. The minimum Gasteiger partial charge on any atom is -0.480 e. The molecule has 2 fully saturated rings. The quantitative estimate of drug-likeness (QED) is 0.0629. The van der Waals surface area contributed by atoms with Gasteiger partial charge in [-0.25, -0.2) is 23.1 Å². The molecule has 0 radical (unpaired) electrons. The molecule has 15 heteroatoms. The lowest BCUT2D eigenvalue weighted by Gasteiger charge is -2.38. The highest BCUT2D eigenvalue weighted by Gasteiger charge is 2.49. The monoisotopic (exact) mass is 855 g/mol. The Balaban J connectivity index is 1.47. The van der Waals surface area contributed by atoms with Crippen molar-refractivity contribution in [3.63, 3.8) is 0 Å². The fourth-order valence-corrected chi connectivity index (χ4v) is 15.1. The average molecular weight is 856 g/mol. The van der Waals surface area contributed by atoms with Crippen molar-refractivity contribution in [3.05, 3.63) is 65.4 Å². The Bertz CT molecular complexity index is 2470. The van der Waals surface area contributed by atoms with E-state index in [9.17, 15) is 4.39 Å². The summed E-state index contributed by atoms with van der Waals surface area (Å²) in [6.07, 6.45) is 2.61. The molecule has 0 unspecified atom stereocenters. The summed E-state index contributed by atoms with van der Waals surface area (Å²) >= 11 is 0. The fraction of sp³-hybridized carbons (Fsp3) is 0.478. The largest absolute Gasteiger partial charge is 0.480 e. The van der Waals surface area contributed by atoms with Crippen LogP contribution in [0, 0.1) is 23.1 Å². The van der Waals surface area contributed by atoms with E-state index in [1.54, 1.807) is 30.5 Å². The Morgan fingerprint density at radius 3 is 2.43 bits per heavy atom. The SMILES string of the molecule is COCOc1cc(-c2nc(OC)c3c(N[C@H](C)c4cccnc4N)nc(OC[C@@]45CCCN4C[C@H](F)C5)nc3c2F)c2c(C#C[Si](C(C)C)(C(C)C)C(C)C)c(F)ccc2c1. The molecule has 2 aliphatic heterocycles. The third-order valence-electron chi connectivity index (χ3n) is 12.8. The Kier molecular flexibility index (Phi) is 12.7. The third-order valence-corrected chi connectivity index (χ3v) is 19.0. The average Bonchev–Trinajstić information content (AvgIpc) is 3.75. The van der Waals surface area contributed by atoms with Gasteiger partial charge in [0.05, 0.1) is 24.3 Å². The van der Waals surface area contributed by atoms with Crippen molar-refractivity contribution < 1.29 is 32.1 Å². The molecule has 324 valence electrons. The molecule has 2 aromatic carbocycles. The maximum absolute atomic E-state index is 17.8. The van der Waals surface area contributed by atoms with Crippen molar-refractivity contribution in [1.82, 2.24) is 24.8 Å². The number of benzene rings is 2. The van der Waals surface area contributed by atoms with Crippen LogP contribution in [0.5, 0.6) is 17.6 Å². The number of nitrogen functional groups attached to an aromatic ring is 1. The molecule has 3 atom stereocenters. The first-order valence-electron chi connectivity index (χ1n) is 21.0. The minimum absolute atomic E-state index is 0.00492. The van der Waals surface area contributed by atoms with Crippen LogP contribution in [0.25, 0.3) is 32.9 Å². The normalized spacial score (nSPS) is 18.5. The van der Waals surface area contributed by atoms with Gasteiger partial charge in [0.1, 0.15) is 60.7 Å². The molecule has 5 aromatic rings. The van der Waals surface area contributed by atoms with Gasteiger partial charge in [-0.3, -0.25) is 4.90 Å². The number of hydrogen-bond acceptors (Lipinski definition) is 11. The van der Waals surface area contributed by atoms with Crippen molar-refractivity contribution in [2.45, 2.75) is 102 Å². The van der Waals surface area contributed by atoms with E-state index in [0.717, 1.165) is 19.4 Å². The van der Waals surface area contributed by atoms with Crippen LogP contribution >= 0.6 is 0 Å². The van der Waals surface area contributed by atoms with Crippen molar-refractivity contribution in [3.8, 4) is 40.4 Å². The summed E-state index contributed by atoms with van der Waals surface area (Å²) in [5, 5.41) is 4.41. The number of fused-ring (bicyclic) bond motifs is 3. The molecule has 0 saturated carbocycles. The van der Waals surface area contributed by atoms with Crippen LogP contribution in [-0.4, -0.2) is 85.3 Å². The van der Waals surface area contributed by atoms with Crippen molar-refractivity contribution in [2.75, 3.05) is 51.8 Å². The summed E-state index contributed by atoms with van der Waals surface area (Å²) in [4.78, 5) is 20.6. The topological polar surface area (TPSA) is 130 Å². The molecule has 0 spiro atoms. The summed E-state index contributed by atoms with van der Waals surface area (Å²) in [7, 11) is 0.570. The zero-order valence-corrected chi connectivity index (χ0v) is 37.5. The van der Waals surface area contributed by atoms with Gasteiger partial charge in [-0.15, -0.1) is 5.54 Å². The number of nitrogens with zero attached hydrogens (tertiary/aromatic N) is 5. The van der Waals surface area contributed by atoms with Gasteiger partial charge in [0.25, 0.3) is 0 Å². The molecule has 2 aliphatic rings. The standard InChI is InChI=1S/C46H56F3N7O4Si/c1-26(2)61(27(3)4,28(5)6)19-15-34-36(48)14-13-30-20-32(60-25-57-8)21-35(37(30)34)40-39(49)41-38(44(53-40)58-9)43(52-29(7)33-12-10-17-51-42(33)50)55-45(54-41)59-24-46-16-11-18-56(46)23-31(47)22-46/h10,12-14,17,20-21,26-29,31H,11,16,18,22-25H2,1-9H3,(H2,50,51)(H,52,54,55)/t29-,31-,46+/m1/s1. The number of rotatable bonds is 14. The molecular formula is C46H56F3N7O4Si. The van der Waals surface area contributed by atoms with Crippen molar-refractivity contribution in [1.29, 1.82) is 0 Å². The second-order valence-electron chi connectivity index (χ2n) is 17.3. The molecule has 2 saturated heterocycles. The molecule has 11 nitrogen and oxygen atoms in total. The lowest BCUT2D eigenvalue weighted by Crippen LogP contribution is -2.43. The Hall–Kier alpha value is -5.17. The fourth-order valence-electron chi connectivity index (χ4n) is 9.88. The predicted molar refractivity (Wildman–Crippen MR) is 236 cm³/mol. The summed E-state index contributed by atoms with van der Waals surface area (Å²) in [5.74, 6) is 2.73. The summed E-state index contributed by atoms with van der Waals surface area (Å²) in [6.45, 7) is 16.1. The number of nitrogens with one attached hydrogen (secondary N) is 1. The van der Waals surface area contributed by atoms with Gasteiger partial charge in [-0.2, -0.15) is 9.97 Å². The van der Waals surface area contributed by atoms with Gasteiger partial charge in [-0.05, 0) is 72.6 Å². The molecule has 5 heterocycles. The van der Waals surface area contributed by atoms with E-state index in [0.29, 0.717) is 40.9 Å². The zero-order valence-electron chi connectivity index (χ0n) is 36.5. The van der Waals surface area contributed by atoms with Gasteiger partial charge in [-0.1, -0.05) is 59.6 Å². The smallest absolute Gasteiger partial charge is 0.319 e. The number of pyridine rings is 2. The summed E-state index contributed by atoms with van der Waals surface area (Å²) < 4.78 is 72.3. The van der Waals surface area contributed by atoms with E-state index in [4.69, 9.17) is 34.6 Å². The Morgan fingerprint density at radius 2 is 1.74 bits per heavy atom. The first-order chi connectivity index (χ1) is 29.1. The van der Waals surface area contributed by atoms with Gasteiger partial charge in [0.15, 0.2) is 12.6 Å². The van der Waals surface area contributed by atoms with E-state index in [2.05, 4.69) is 73.2 Å². The molecule has 61 heavy (non-hydrogen) atoms. The number of alkyl halides is 1. The van der Waals surface area contributed by atoms with Crippen LogP contribution < -0.4 is 25.3 Å². The molecule has 0 aliphatic carbocycles.